The van der Waals surface area contributed by atoms with Crippen molar-refractivity contribution < 1.29 is 4.74 Å². The van der Waals surface area contributed by atoms with Gasteiger partial charge in [-0.05, 0) is 0 Å². The minimum atomic E-state index is 0.243. The van der Waals surface area contributed by atoms with Crippen LogP contribution >= 0.6 is 0 Å². The van der Waals surface area contributed by atoms with Crippen molar-refractivity contribution in [1.29, 1.82) is 0 Å². The van der Waals surface area contributed by atoms with Gasteiger partial charge in [0.15, 0.2) is 0 Å². The van der Waals surface area contributed by atoms with Gasteiger partial charge in [0, 0.05) is 57.4 Å². The molecule has 0 unspecified atom stereocenters. The van der Waals surface area contributed by atoms with Gasteiger partial charge in [-0.15, -0.1) is 0 Å². The molecule has 0 radical (unpaired) electrons. The first-order valence-electron chi connectivity index (χ1n) is 7.64. The summed E-state index contributed by atoms with van der Waals surface area (Å²) in [5.74, 6) is 0.948. The minimum absolute atomic E-state index is 0.243. The average molecular weight is 300 g/mol. The fourth-order valence-corrected chi connectivity index (χ4v) is 3.43. The highest BCUT2D eigenvalue weighted by Gasteiger charge is 2.40. The molecular formula is C15H20N6O. The fraction of sp³-hybridized carbons (Fsp3) is 0.533. The molecule has 2 aromatic rings. The number of hydrogen-bond acceptors (Lipinski definition) is 6. The highest BCUT2D eigenvalue weighted by Crippen LogP contribution is 2.27. The van der Waals surface area contributed by atoms with Crippen molar-refractivity contribution in [3.8, 4) is 0 Å². The molecule has 7 heteroatoms. The van der Waals surface area contributed by atoms with Gasteiger partial charge >= 0.3 is 0 Å². The van der Waals surface area contributed by atoms with Crippen LogP contribution < -0.4 is 4.90 Å². The molecule has 4 rings (SSSR count). The summed E-state index contributed by atoms with van der Waals surface area (Å²) in [5, 5.41) is 4.24. The van der Waals surface area contributed by atoms with E-state index in [9.17, 15) is 0 Å². The Morgan fingerprint density at radius 1 is 1.27 bits per heavy atom. The van der Waals surface area contributed by atoms with E-state index in [2.05, 4.69) is 31.1 Å². The molecule has 0 spiro atoms. The van der Waals surface area contributed by atoms with Crippen molar-refractivity contribution in [1.82, 2.24) is 24.6 Å². The molecule has 2 aromatic heterocycles. The first-order valence-corrected chi connectivity index (χ1v) is 7.64. The summed E-state index contributed by atoms with van der Waals surface area (Å²) in [5.41, 5.74) is 1.24. The van der Waals surface area contributed by atoms with E-state index >= 15 is 0 Å². The monoisotopic (exact) mass is 300 g/mol. The van der Waals surface area contributed by atoms with Crippen molar-refractivity contribution >= 4 is 5.82 Å². The summed E-state index contributed by atoms with van der Waals surface area (Å²) in [7, 11) is 1.95. The number of aromatic nitrogens is 4. The lowest BCUT2D eigenvalue weighted by atomic mass is 10.1. The second-order valence-electron chi connectivity index (χ2n) is 5.95. The zero-order valence-electron chi connectivity index (χ0n) is 12.7. The zero-order chi connectivity index (χ0) is 14.9. The normalized spacial score (nSPS) is 25.4. The standard InChI is InChI=1S/C15H20N6O/c1-19-8-12(6-18-19)9-20-10-13-14(11-20)22-5-4-21(13)15-7-16-2-3-17-15/h2-3,6-8,13-14H,4-5,9-11H2,1H3/t13-,14+/m1/s1. The van der Waals surface area contributed by atoms with Crippen LogP contribution in [0.25, 0.3) is 0 Å². The highest BCUT2D eigenvalue weighted by atomic mass is 16.5. The van der Waals surface area contributed by atoms with Gasteiger partial charge in [-0.2, -0.15) is 5.10 Å². The number of rotatable bonds is 3. The fourth-order valence-electron chi connectivity index (χ4n) is 3.43. The molecule has 2 fully saturated rings. The smallest absolute Gasteiger partial charge is 0.147 e. The number of fused-ring (bicyclic) bond motifs is 1. The van der Waals surface area contributed by atoms with E-state index in [0.717, 1.165) is 38.6 Å². The van der Waals surface area contributed by atoms with Gasteiger partial charge in [-0.3, -0.25) is 14.6 Å². The molecular weight excluding hydrogens is 280 g/mol. The summed E-state index contributed by atoms with van der Waals surface area (Å²) in [6.07, 6.45) is 9.55. The predicted molar refractivity (Wildman–Crippen MR) is 81.4 cm³/mol. The van der Waals surface area contributed by atoms with Crippen LogP contribution in [-0.2, 0) is 18.3 Å². The largest absolute Gasteiger partial charge is 0.373 e. The molecule has 7 nitrogen and oxygen atoms in total. The van der Waals surface area contributed by atoms with E-state index in [0.29, 0.717) is 6.04 Å². The Morgan fingerprint density at radius 2 is 2.23 bits per heavy atom. The van der Waals surface area contributed by atoms with Crippen molar-refractivity contribution in [2.75, 3.05) is 31.1 Å². The summed E-state index contributed by atoms with van der Waals surface area (Å²) >= 11 is 0. The van der Waals surface area contributed by atoms with E-state index in [1.54, 1.807) is 12.4 Å². The first kappa shape index (κ1) is 13.7. The van der Waals surface area contributed by atoms with E-state index in [1.807, 2.05) is 24.1 Å². The molecule has 4 heterocycles. The average Bonchev–Trinajstić information content (AvgIpc) is 3.13. The van der Waals surface area contributed by atoms with Crippen molar-refractivity contribution in [2.45, 2.75) is 18.7 Å². The predicted octanol–water partition coefficient (Wildman–Crippen LogP) is 0.300. The quantitative estimate of drug-likeness (QED) is 0.812. The second-order valence-corrected chi connectivity index (χ2v) is 5.95. The molecule has 116 valence electrons. The van der Waals surface area contributed by atoms with Gasteiger partial charge in [-0.25, -0.2) is 4.98 Å². The third kappa shape index (κ3) is 2.57. The first-order chi connectivity index (χ1) is 10.8. The van der Waals surface area contributed by atoms with Crippen LogP contribution in [0.5, 0.6) is 0 Å². The SMILES string of the molecule is Cn1cc(CN2C[C@@H]3OCCN(c4cnccn4)[C@@H]3C2)cn1. The minimum Gasteiger partial charge on any atom is -0.373 e. The zero-order valence-corrected chi connectivity index (χ0v) is 12.7. The number of ether oxygens (including phenoxy) is 1. The van der Waals surface area contributed by atoms with E-state index in [4.69, 9.17) is 4.74 Å². The highest BCUT2D eigenvalue weighted by molar-refractivity contribution is 5.39. The van der Waals surface area contributed by atoms with Gasteiger partial charge in [0.1, 0.15) is 5.82 Å². The van der Waals surface area contributed by atoms with Gasteiger partial charge < -0.3 is 9.64 Å². The van der Waals surface area contributed by atoms with Crippen molar-refractivity contribution in [2.24, 2.45) is 7.05 Å². The lowest BCUT2D eigenvalue weighted by molar-refractivity contribution is 0.0303. The Bertz CT molecular complexity index is 630. The molecule has 2 aliphatic heterocycles. The van der Waals surface area contributed by atoms with Crippen LogP contribution in [0, 0.1) is 0 Å². The van der Waals surface area contributed by atoms with Gasteiger partial charge in [0.2, 0.25) is 0 Å². The third-order valence-electron chi connectivity index (χ3n) is 4.39. The Balaban J connectivity index is 1.48. The van der Waals surface area contributed by atoms with Crippen LogP contribution in [-0.4, -0.2) is 63.0 Å². The third-order valence-corrected chi connectivity index (χ3v) is 4.39. The molecule has 0 aliphatic carbocycles. The molecule has 0 bridgehead atoms. The number of likely N-dealkylation sites (tertiary alicyclic amines) is 1. The van der Waals surface area contributed by atoms with Gasteiger partial charge in [-0.1, -0.05) is 0 Å². The second kappa shape index (κ2) is 5.66. The van der Waals surface area contributed by atoms with Gasteiger partial charge in [0.25, 0.3) is 0 Å². The maximum absolute atomic E-state index is 5.97. The Kier molecular flexibility index (Phi) is 3.51. The molecule has 2 saturated heterocycles. The van der Waals surface area contributed by atoms with Crippen LogP contribution in [0.2, 0.25) is 0 Å². The Morgan fingerprint density at radius 3 is 3.00 bits per heavy atom. The summed E-state index contributed by atoms with van der Waals surface area (Å²) in [6, 6.07) is 0.349. The Hall–Kier alpha value is -1.99. The van der Waals surface area contributed by atoms with E-state index < -0.39 is 0 Å². The van der Waals surface area contributed by atoms with Gasteiger partial charge in [0.05, 0.1) is 31.1 Å². The molecule has 0 amide bonds. The number of anilines is 1. The number of hydrogen-bond donors (Lipinski definition) is 0. The number of morpholine rings is 1. The lowest BCUT2D eigenvalue weighted by Crippen LogP contribution is -2.51. The summed E-state index contributed by atoms with van der Waals surface area (Å²) in [4.78, 5) is 13.4. The molecule has 0 aromatic carbocycles. The van der Waals surface area contributed by atoms with Crippen LogP contribution in [0.1, 0.15) is 5.56 Å². The van der Waals surface area contributed by atoms with E-state index in [1.165, 1.54) is 5.56 Å². The molecule has 2 atom stereocenters. The summed E-state index contributed by atoms with van der Waals surface area (Å²) in [6.45, 7) is 4.48. The lowest BCUT2D eigenvalue weighted by Gasteiger charge is -2.37. The molecule has 22 heavy (non-hydrogen) atoms. The van der Waals surface area contributed by atoms with E-state index in [-0.39, 0.29) is 6.10 Å². The van der Waals surface area contributed by atoms with Crippen molar-refractivity contribution in [3.63, 3.8) is 0 Å². The van der Waals surface area contributed by atoms with Crippen LogP contribution in [0.4, 0.5) is 5.82 Å². The number of nitrogens with zero attached hydrogens (tertiary/aromatic N) is 6. The molecule has 2 aliphatic rings. The molecule has 0 N–H and O–H groups in total. The maximum atomic E-state index is 5.97. The van der Waals surface area contributed by atoms with Crippen molar-refractivity contribution in [3.05, 3.63) is 36.5 Å². The molecule has 0 saturated carbocycles. The maximum Gasteiger partial charge on any atom is 0.147 e. The van der Waals surface area contributed by atoms with Crippen LogP contribution in [0.15, 0.2) is 31.0 Å². The topological polar surface area (TPSA) is 59.3 Å². The van der Waals surface area contributed by atoms with Crippen LogP contribution in [0.3, 0.4) is 0 Å². The Labute approximate surface area is 129 Å². The number of aryl methyl sites for hydroxylation is 1. The summed E-state index contributed by atoms with van der Waals surface area (Å²) < 4.78 is 7.82.